The van der Waals surface area contributed by atoms with Crippen molar-refractivity contribution in [3.05, 3.63) is 48.6 Å². The molecule has 1 atom stereocenters. The van der Waals surface area contributed by atoms with Gasteiger partial charge in [0.05, 0.1) is 0 Å². The van der Waals surface area contributed by atoms with Gasteiger partial charge in [0.15, 0.2) is 5.11 Å². The molecule has 1 aliphatic rings. The average molecular weight is 260 g/mol. The average Bonchev–Trinajstić information content (AvgIpc) is 2.35. The normalized spacial score (nSPS) is 19.7. The first-order valence-corrected chi connectivity index (χ1v) is 5.88. The van der Waals surface area contributed by atoms with E-state index in [1.54, 1.807) is 30.3 Å². The monoisotopic (exact) mass is 260 g/mol. The minimum Gasteiger partial charge on any atom is -0.302 e. The van der Waals surface area contributed by atoms with Crippen LogP contribution in [-0.4, -0.2) is 28.4 Å². The summed E-state index contributed by atoms with van der Waals surface area (Å²) in [4.78, 5) is 25.5. The fraction of sp³-hybridized carbons (Fsp3) is 0.154. The zero-order valence-electron chi connectivity index (χ0n) is 9.63. The third kappa shape index (κ3) is 2.17. The van der Waals surface area contributed by atoms with Gasteiger partial charge in [-0.05, 0) is 17.8 Å². The Balaban J connectivity index is 2.35. The number of amides is 2. The Labute approximate surface area is 110 Å². The molecule has 0 aromatic heterocycles. The Morgan fingerprint density at radius 3 is 2.61 bits per heavy atom. The van der Waals surface area contributed by atoms with Crippen LogP contribution in [0.5, 0.6) is 0 Å². The van der Waals surface area contributed by atoms with Gasteiger partial charge in [-0.15, -0.1) is 6.58 Å². The van der Waals surface area contributed by atoms with E-state index in [9.17, 15) is 9.59 Å². The molecule has 1 aliphatic heterocycles. The summed E-state index contributed by atoms with van der Waals surface area (Å²) in [5.74, 6) is -1.52. The maximum Gasteiger partial charge on any atom is 0.246 e. The maximum atomic E-state index is 12.3. The predicted molar refractivity (Wildman–Crippen MR) is 71.8 cm³/mol. The minimum atomic E-state index is -0.835. The van der Waals surface area contributed by atoms with Crippen molar-refractivity contribution >= 4 is 29.1 Å². The Hall–Kier alpha value is -2.01. The molecular formula is C13H12N2O2S. The van der Waals surface area contributed by atoms with Crippen molar-refractivity contribution in [1.82, 2.24) is 10.2 Å². The van der Waals surface area contributed by atoms with E-state index in [0.29, 0.717) is 12.1 Å². The highest BCUT2D eigenvalue weighted by Gasteiger charge is 2.38. The van der Waals surface area contributed by atoms with Crippen LogP contribution in [-0.2, 0) is 9.59 Å². The maximum absolute atomic E-state index is 12.3. The number of hydrogen-bond acceptors (Lipinski definition) is 3. The number of carbonyl (C=O) groups is 2. The van der Waals surface area contributed by atoms with Crippen LogP contribution in [0.3, 0.4) is 0 Å². The van der Waals surface area contributed by atoms with Gasteiger partial charge in [-0.2, -0.15) is 0 Å². The fourth-order valence-corrected chi connectivity index (χ4v) is 2.12. The Kier molecular flexibility index (Phi) is 3.53. The van der Waals surface area contributed by atoms with Gasteiger partial charge >= 0.3 is 0 Å². The molecule has 92 valence electrons. The van der Waals surface area contributed by atoms with Crippen molar-refractivity contribution in [2.75, 3.05) is 6.54 Å². The highest BCUT2D eigenvalue weighted by molar-refractivity contribution is 7.80. The number of hydrogen-bond donors (Lipinski definition) is 1. The number of thiocarbonyl (C=S) groups is 1. The van der Waals surface area contributed by atoms with Crippen molar-refractivity contribution in [2.45, 2.75) is 5.92 Å². The first-order valence-electron chi connectivity index (χ1n) is 5.47. The molecule has 18 heavy (non-hydrogen) atoms. The minimum absolute atomic E-state index is 0.136. The molecule has 1 fully saturated rings. The summed E-state index contributed by atoms with van der Waals surface area (Å²) in [5, 5.41) is 2.68. The lowest BCUT2D eigenvalue weighted by atomic mass is 9.95. The summed E-state index contributed by atoms with van der Waals surface area (Å²) in [6.07, 6.45) is 1.57. The molecule has 1 N–H and O–H groups in total. The smallest absolute Gasteiger partial charge is 0.246 e. The van der Waals surface area contributed by atoms with E-state index < -0.39 is 5.92 Å². The molecule has 1 heterocycles. The molecule has 0 unspecified atom stereocenters. The van der Waals surface area contributed by atoms with Gasteiger partial charge in [-0.1, -0.05) is 36.4 Å². The Morgan fingerprint density at radius 1 is 1.33 bits per heavy atom. The number of carbonyl (C=O) groups excluding carboxylic acids is 2. The lowest BCUT2D eigenvalue weighted by Gasteiger charge is -2.31. The first-order chi connectivity index (χ1) is 8.65. The zero-order chi connectivity index (χ0) is 13.1. The third-order valence-electron chi connectivity index (χ3n) is 2.70. The van der Waals surface area contributed by atoms with Gasteiger partial charge in [0.2, 0.25) is 11.8 Å². The second-order valence-corrected chi connectivity index (χ2v) is 4.26. The van der Waals surface area contributed by atoms with E-state index in [1.807, 2.05) is 6.07 Å². The van der Waals surface area contributed by atoms with E-state index in [-0.39, 0.29) is 16.9 Å². The second kappa shape index (κ2) is 5.10. The number of rotatable bonds is 3. The van der Waals surface area contributed by atoms with Crippen LogP contribution in [0.1, 0.15) is 11.5 Å². The van der Waals surface area contributed by atoms with Crippen molar-refractivity contribution in [1.29, 1.82) is 0 Å². The molecule has 2 rings (SSSR count). The van der Waals surface area contributed by atoms with Gasteiger partial charge in [0.1, 0.15) is 5.92 Å². The van der Waals surface area contributed by atoms with Gasteiger partial charge in [0, 0.05) is 6.54 Å². The summed E-state index contributed by atoms with van der Waals surface area (Å²) >= 11 is 4.97. The van der Waals surface area contributed by atoms with Crippen LogP contribution in [0, 0.1) is 0 Å². The molecule has 1 aromatic rings. The van der Waals surface area contributed by atoms with Crippen LogP contribution in [0.15, 0.2) is 43.0 Å². The first kappa shape index (κ1) is 12.4. The molecule has 1 saturated heterocycles. The van der Waals surface area contributed by atoms with Crippen molar-refractivity contribution in [3.63, 3.8) is 0 Å². The van der Waals surface area contributed by atoms with Gasteiger partial charge in [0.25, 0.3) is 0 Å². The molecular weight excluding hydrogens is 248 g/mol. The summed E-state index contributed by atoms with van der Waals surface area (Å²) in [6, 6.07) is 8.92. The van der Waals surface area contributed by atoms with E-state index in [2.05, 4.69) is 11.9 Å². The van der Waals surface area contributed by atoms with Crippen molar-refractivity contribution in [2.24, 2.45) is 0 Å². The van der Waals surface area contributed by atoms with Crippen molar-refractivity contribution in [3.8, 4) is 0 Å². The third-order valence-corrected chi connectivity index (χ3v) is 3.02. The molecule has 1 aromatic carbocycles. The Bertz CT molecular complexity index is 513. The predicted octanol–water partition coefficient (Wildman–Crippen LogP) is 1.20. The molecule has 0 radical (unpaired) electrons. The largest absolute Gasteiger partial charge is 0.302 e. The lowest BCUT2D eigenvalue weighted by Crippen LogP contribution is -2.56. The van der Waals surface area contributed by atoms with E-state index in [4.69, 9.17) is 12.2 Å². The second-order valence-electron chi connectivity index (χ2n) is 3.88. The van der Waals surface area contributed by atoms with Crippen LogP contribution in [0.2, 0.25) is 0 Å². The van der Waals surface area contributed by atoms with Gasteiger partial charge < -0.3 is 5.32 Å². The van der Waals surface area contributed by atoms with E-state index in [0.717, 1.165) is 0 Å². The Morgan fingerprint density at radius 2 is 2.00 bits per heavy atom. The molecule has 2 amide bonds. The van der Waals surface area contributed by atoms with Gasteiger partial charge in [-0.25, -0.2) is 0 Å². The molecule has 0 aliphatic carbocycles. The highest BCUT2D eigenvalue weighted by Crippen LogP contribution is 2.22. The van der Waals surface area contributed by atoms with Crippen LogP contribution < -0.4 is 5.32 Å². The highest BCUT2D eigenvalue weighted by atomic mass is 32.1. The molecule has 5 heteroatoms. The summed E-state index contributed by atoms with van der Waals surface area (Å²) in [7, 11) is 0. The van der Waals surface area contributed by atoms with Crippen LogP contribution in [0.25, 0.3) is 0 Å². The number of nitrogens with zero attached hydrogens (tertiary/aromatic N) is 1. The van der Waals surface area contributed by atoms with E-state index >= 15 is 0 Å². The van der Waals surface area contributed by atoms with Crippen LogP contribution in [0.4, 0.5) is 0 Å². The standard InChI is InChI=1S/C13H12N2O2S/c1-2-8-15-12(17)10(11(16)14-13(15)18)9-6-4-3-5-7-9/h2-7,10H,1,8H2,(H,14,16,18)/t10-/m1/s1. The van der Waals surface area contributed by atoms with Gasteiger partial charge in [-0.3, -0.25) is 14.5 Å². The number of nitrogens with one attached hydrogen (secondary N) is 1. The summed E-state index contributed by atoms with van der Waals surface area (Å²) in [6.45, 7) is 3.87. The topological polar surface area (TPSA) is 49.4 Å². The zero-order valence-corrected chi connectivity index (χ0v) is 10.4. The molecule has 0 saturated carbocycles. The lowest BCUT2D eigenvalue weighted by molar-refractivity contribution is -0.137. The molecule has 4 nitrogen and oxygen atoms in total. The quantitative estimate of drug-likeness (QED) is 0.505. The van der Waals surface area contributed by atoms with Crippen molar-refractivity contribution < 1.29 is 9.59 Å². The molecule has 0 bridgehead atoms. The number of benzene rings is 1. The van der Waals surface area contributed by atoms with Crippen LogP contribution >= 0.6 is 12.2 Å². The SMILES string of the molecule is C=CCN1C(=O)[C@H](c2ccccc2)C(=O)NC1=S. The fourth-order valence-electron chi connectivity index (χ4n) is 1.85. The molecule has 0 spiro atoms. The van der Waals surface area contributed by atoms with E-state index in [1.165, 1.54) is 4.90 Å². The summed E-state index contributed by atoms with van der Waals surface area (Å²) < 4.78 is 0. The summed E-state index contributed by atoms with van der Waals surface area (Å²) in [5.41, 5.74) is 0.663.